The maximum atomic E-state index is 15.9. The van der Waals surface area contributed by atoms with Crippen molar-refractivity contribution in [1.82, 2.24) is 9.88 Å². The van der Waals surface area contributed by atoms with Gasteiger partial charge >= 0.3 is 5.97 Å². The minimum atomic E-state index is -1.50. The second-order valence-electron chi connectivity index (χ2n) is 8.45. The number of carbonyl (C=O) groups is 2. The molecule has 2 unspecified atom stereocenters. The molecule has 1 amide bonds. The Hall–Kier alpha value is -3.01. The molecule has 2 aromatic rings. The number of aromatic carboxylic acids is 1. The predicted octanol–water partition coefficient (Wildman–Crippen LogP) is 2.46. The summed E-state index contributed by atoms with van der Waals surface area (Å²) >= 11 is 0. The van der Waals surface area contributed by atoms with Gasteiger partial charge in [-0.25, -0.2) is 13.6 Å². The summed E-state index contributed by atoms with van der Waals surface area (Å²) in [4.78, 5) is 38.0. The van der Waals surface area contributed by atoms with E-state index in [0.29, 0.717) is 25.9 Å². The number of nitrogens with zero attached hydrogens (tertiary/aromatic N) is 2. The summed E-state index contributed by atoms with van der Waals surface area (Å²) in [5.74, 6) is -4.16. The molecule has 31 heavy (non-hydrogen) atoms. The first-order chi connectivity index (χ1) is 14.6. The Bertz CT molecular complexity index is 1150. The molecule has 2 atom stereocenters. The summed E-state index contributed by atoms with van der Waals surface area (Å²) < 4.78 is 33.0. The van der Waals surface area contributed by atoms with E-state index >= 15 is 8.78 Å². The van der Waals surface area contributed by atoms with E-state index < -0.39 is 45.6 Å². The summed E-state index contributed by atoms with van der Waals surface area (Å²) in [6, 6.07) is -0.273. The van der Waals surface area contributed by atoms with Crippen LogP contribution in [0.3, 0.4) is 0 Å². The van der Waals surface area contributed by atoms with Gasteiger partial charge in [0.25, 0.3) is 0 Å². The molecule has 8 nitrogen and oxygen atoms in total. The van der Waals surface area contributed by atoms with Crippen LogP contribution < -0.4 is 21.0 Å². The smallest absolute Gasteiger partial charge is 0.341 e. The fourth-order valence-corrected chi connectivity index (χ4v) is 4.40. The second-order valence-corrected chi connectivity index (χ2v) is 8.45. The second kappa shape index (κ2) is 7.60. The third kappa shape index (κ3) is 3.65. The molecule has 1 aliphatic carbocycles. The SMILES string of the molecule is CC(=O)Nc1c(F)c(N2CC(C)NC(C)C2)c(F)c2c1c(=O)c(C(=O)O)cn2C1CC1. The van der Waals surface area contributed by atoms with Gasteiger partial charge in [-0.05, 0) is 26.7 Å². The fraction of sp³-hybridized carbons (Fsp3) is 0.476. The Morgan fingerprint density at radius 3 is 2.29 bits per heavy atom. The van der Waals surface area contributed by atoms with Gasteiger partial charge in [-0.1, -0.05) is 0 Å². The molecule has 1 aromatic carbocycles. The van der Waals surface area contributed by atoms with E-state index in [1.165, 1.54) is 4.57 Å². The number of fused-ring (bicyclic) bond motifs is 1. The van der Waals surface area contributed by atoms with Crippen molar-refractivity contribution in [3.8, 4) is 0 Å². The zero-order valence-electron chi connectivity index (χ0n) is 17.5. The van der Waals surface area contributed by atoms with Gasteiger partial charge < -0.3 is 25.2 Å². The van der Waals surface area contributed by atoms with E-state index in [1.807, 2.05) is 13.8 Å². The zero-order valence-corrected chi connectivity index (χ0v) is 17.5. The summed E-state index contributed by atoms with van der Waals surface area (Å²) in [5.41, 5.74) is -2.62. The van der Waals surface area contributed by atoms with E-state index in [2.05, 4.69) is 10.6 Å². The first kappa shape index (κ1) is 21.2. The zero-order chi connectivity index (χ0) is 22.6. The highest BCUT2D eigenvalue weighted by Crippen LogP contribution is 2.42. The van der Waals surface area contributed by atoms with E-state index in [-0.39, 0.29) is 29.3 Å². The van der Waals surface area contributed by atoms with Gasteiger partial charge in [0.2, 0.25) is 11.3 Å². The minimum absolute atomic E-state index is 0.0394. The van der Waals surface area contributed by atoms with Crippen molar-refractivity contribution in [2.24, 2.45) is 0 Å². The number of amides is 1. The van der Waals surface area contributed by atoms with E-state index in [4.69, 9.17) is 0 Å². The van der Waals surface area contributed by atoms with Crippen LogP contribution in [0.5, 0.6) is 0 Å². The monoisotopic (exact) mass is 434 g/mol. The van der Waals surface area contributed by atoms with Gasteiger partial charge in [0.15, 0.2) is 11.6 Å². The van der Waals surface area contributed by atoms with Crippen LogP contribution in [0.25, 0.3) is 10.9 Å². The van der Waals surface area contributed by atoms with Crippen LogP contribution in [0.4, 0.5) is 20.2 Å². The molecule has 1 saturated heterocycles. The van der Waals surface area contributed by atoms with Crippen LogP contribution in [0.1, 0.15) is 50.0 Å². The average Bonchev–Trinajstić information content (AvgIpc) is 3.49. The molecule has 2 heterocycles. The molecule has 0 spiro atoms. The van der Waals surface area contributed by atoms with Crippen LogP contribution in [0.2, 0.25) is 0 Å². The van der Waals surface area contributed by atoms with Gasteiger partial charge in [0.1, 0.15) is 11.3 Å². The molecule has 1 aromatic heterocycles. The number of piperazine rings is 1. The number of rotatable bonds is 4. The molecule has 0 radical (unpaired) electrons. The summed E-state index contributed by atoms with van der Waals surface area (Å²) in [5, 5.41) is 14.6. The van der Waals surface area contributed by atoms with Crippen LogP contribution in [0.15, 0.2) is 11.0 Å². The highest BCUT2D eigenvalue weighted by Gasteiger charge is 2.35. The molecule has 4 rings (SSSR count). The maximum Gasteiger partial charge on any atom is 0.341 e. The molecule has 1 aliphatic heterocycles. The van der Waals surface area contributed by atoms with Crippen molar-refractivity contribution in [2.45, 2.75) is 51.7 Å². The summed E-state index contributed by atoms with van der Waals surface area (Å²) in [6.07, 6.45) is 2.48. The van der Waals surface area contributed by atoms with E-state index in [1.54, 1.807) is 4.90 Å². The topological polar surface area (TPSA) is 104 Å². The molecular weight excluding hydrogens is 410 g/mol. The lowest BCUT2D eigenvalue weighted by atomic mass is 10.0. The Labute approximate surface area is 176 Å². The lowest BCUT2D eigenvalue weighted by Gasteiger charge is -2.38. The number of carbonyl (C=O) groups excluding carboxylic acids is 1. The lowest BCUT2D eigenvalue weighted by molar-refractivity contribution is -0.114. The van der Waals surface area contributed by atoms with Gasteiger partial charge in [-0.3, -0.25) is 9.59 Å². The summed E-state index contributed by atoms with van der Waals surface area (Å²) in [6.45, 7) is 5.58. The van der Waals surface area contributed by atoms with E-state index in [0.717, 1.165) is 13.1 Å². The standard InChI is InChI=1S/C21H24F2N4O4/c1-9-6-26(7-10(2)24-9)19-15(22)17(25-11(3)28)14-18(16(19)23)27(12-4-5-12)8-13(20(14)29)21(30)31/h8-10,12,24H,4-7H2,1-3H3,(H,25,28)(H,30,31). The van der Waals surface area contributed by atoms with Crippen molar-refractivity contribution in [3.63, 3.8) is 0 Å². The number of benzene rings is 1. The number of nitrogens with one attached hydrogen (secondary N) is 2. The number of hydrogen-bond donors (Lipinski definition) is 3. The van der Waals surface area contributed by atoms with Crippen LogP contribution >= 0.6 is 0 Å². The third-order valence-electron chi connectivity index (χ3n) is 5.67. The molecule has 166 valence electrons. The number of hydrogen-bond acceptors (Lipinski definition) is 5. The Morgan fingerprint density at radius 2 is 1.77 bits per heavy atom. The first-order valence-corrected chi connectivity index (χ1v) is 10.2. The number of pyridine rings is 1. The molecular formula is C21H24F2N4O4. The number of anilines is 2. The predicted molar refractivity (Wildman–Crippen MR) is 112 cm³/mol. The highest BCUT2D eigenvalue weighted by atomic mass is 19.1. The molecule has 1 saturated carbocycles. The van der Waals surface area contributed by atoms with Gasteiger partial charge in [0.05, 0.1) is 16.6 Å². The number of carboxylic acid groups (broad SMARTS) is 1. The number of aromatic nitrogens is 1. The first-order valence-electron chi connectivity index (χ1n) is 10.2. The van der Waals surface area contributed by atoms with Gasteiger partial charge in [0, 0.05) is 44.3 Å². The Morgan fingerprint density at radius 1 is 1.16 bits per heavy atom. The third-order valence-corrected chi connectivity index (χ3v) is 5.67. The highest BCUT2D eigenvalue weighted by molar-refractivity contribution is 6.05. The maximum absolute atomic E-state index is 15.9. The lowest BCUT2D eigenvalue weighted by Crippen LogP contribution is -2.54. The van der Waals surface area contributed by atoms with Crippen LogP contribution in [0, 0.1) is 11.6 Å². The van der Waals surface area contributed by atoms with Crippen LogP contribution in [-0.2, 0) is 4.79 Å². The van der Waals surface area contributed by atoms with Gasteiger partial charge in [-0.2, -0.15) is 0 Å². The van der Waals surface area contributed by atoms with Gasteiger partial charge in [-0.15, -0.1) is 0 Å². The van der Waals surface area contributed by atoms with Crippen molar-refractivity contribution in [3.05, 3.63) is 33.6 Å². The average molecular weight is 434 g/mol. The van der Waals surface area contributed by atoms with Crippen molar-refractivity contribution in [1.29, 1.82) is 0 Å². The molecule has 2 aliphatic rings. The minimum Gasteiger partial charge on any atom is -0.477 e. The van der Waals surface area contributed by atoms with Crippen molar-refractivity contribution >= 4 is 34.2 Å². The largest absolute Gasteiger partial charge is 0.477 e. The van der Waals surface area contributed by atoms with Crippen LogP contribution in [-0.4, -0.2) is 46.7 Å². The quantitative estimate of drug-likeness (QED) is 0.683. The molecule has 2 fully saturated rings. The molecule has 0 bridgehead atoms. The van der Waals surface area contributed by atoms with Crippen molar-refractivity contribution < 1.29 is 23.5 Å². The fourth-order valence-electron chi connectivity index (χ4n) is 4.40. The molecule has 10 heteroatoms. The number of carboxylic acids is 1. The van der Waals surface area contributed by atoms with E-state index in [9.17, 15) is 19.5 Å². The number of halogens is 2. The Kier molecular flexibility index (Phi) is 5.20. The molecule has 3 N–H and O–H groups in total. The normalized spacial score (nSPS) is 21.4. The van der Waals surface area contributed by atoms with Crippen molar-refractivity contribution in [2.75, 3.05) is 23.3 Å². The Balaban J connectivity index is 2.11. The summed E-state index contributed by atoms with van der Waals surface area (Å²) in [7, 11) is 0.